The van der Waals surface area contributed by atoms with Crippen molar-refractivity contribution in [2.24, 2.45) is 0 Å². The van der Waals surface area contributed by atoms with Crippen LogP contribution in [0.15, 0.2) is 65.3 Å². The molecule has 0 bridgehead atoms. The van der Waals surface area contributed by atoms with E-state index in [0.717, 1.165) is 40.5 Å². The van der Waals surface area contributed by atoms with Gasteiger partial charge in [-0.1, -0.05) is 61.0 Å². The lowest BCUT2D eigenvalue weighted by molar-refractivity contribution is -0.137. The zero-order chi connectivity index (χ0) is 23.0. The average molecular weight is 441 g/mol. The number of carboxylic acids is 1. The second-order valence-corrected chi connectivity index (χ2v) is 7.72. The summed E-state index contributed by atoms with van der Waals surface area (Å²) in [6.07, 6.45) is 3.98. The second-order valence-electron chi connectivity index (χ2n) is 7.72. The van der Waals surface area contributed by atoms with Gasteiger partial charge in [-0.15, -0.1) is 0 Å². The first-order chi connectivity index (χ1) is 16.2. The fourth-order valence-electron chi connectivity index (χ4n) is 3.79. The highest BCUT2D eigenvalue weighted by atomic mass is 16.4. The van der Waals surface area contributed by atoms with Gasteiger partial charge in [-0.2, -0.15) is 0 Å². The molecule has 7 heteroatoms. The SMILES string of the molecule is [C-]#[N+]Cc1ccc(-c2c(-c3ccccc3)oc3ncnc(NCCCCCC(=O)O)c23)cc1. The molecule has 0 saturated carbocycles. The number of hydrogen-bond donors (Lipinski definition) is 2. The van der Waals surface area contributed by atoms with E-state index in [0.29, 0.717) is 36.8 Å². The van der Waals surface area contributed by atoms with Gasteiger partial charge in [-0.25, -0.2) is 16.5 Å². The van der Waals surface area contributed by atoms with Crippen LogP contribution in [0.25, 0.3) is 38.4 Å². The van der Waals surface area contributed by atoms with Crippen LogP contribution in [0.3, 0.4) is 0 Å². The third kappa shape index (κ3) is 5.18. The fourth-order valence-corrected chi connectivity index (χ4v) is 3.79. The Hall–Kier alpha value is -4.18. The molecule has 4 aromatic rings. The smallest absolute Gasteiger partial charge is 0.303 e. The van der Waals surface area contributed by atoms with E-state index in [1.807, 2.05) is 54.6 Å². The van der Waals surface area contributed by atoms with E-state index in [4.69, 9.17) is 16.1 Å². The molecule has 0 unspecified atom stereocenters. The molecule has 0 aliphatic carbocycles. The van der Waals surface area contributed by atoms with Gasteiger partial charge < -0.3 is 19.7 Å². The first kappa shape index (κ1) is 22.0. The molecule has 2 aromatic heterocycles. The van der Waals surface area contributed by atoms with Crippen LogP contribution in [0.4, 0.5) is 5.82 Å². The number of unbranched alkanes of at least 4 members (excludes halogenated alkanes) is 2. The summed E-state index contributed by atoms with van der Waals surface area (Å²) < 4.78 is 6.22. The van der Waals surface area contributed by atoms with Crippen LogP contribution >= 0.6 is 0 Å². The zero-order valence-corrected chi connectivity index (χ0v) is 18.1. The molecule has 0 amide bonds. The number of rotatable bonds is 10. The van der Waals surface area contributed by atoms with Gasteiger partial charge in [0.2, 0.25) is 12.3 Å². The lowest BCUT2D eigenvalue weighted by Gasteiger charge is -2.09. The van der Waals surface area contributed by atoms with Crippen molar-refractivity contribution >= 4 is 22.9 Å². The number of carbonyl (C=O) groups is 1. The Bertz CT molecular complexity index is 1270. The van der Waals surface area contributed by atoms with Crippen LogP contribution < -0.4 is 5.32 Å². The maximum Gasteiger partial charge on any atom is 0.303 e. The van der Waals surface area contributed by atoms with Crippen molar-refractivity contribution in [2.75, 3.05) is 11.9 Å². The molecule has 0 saturated heterocycles. The predicted octanol–water partition coefficient (Wildman–Crippen LogP) is 6.03. The maximum absolute atomic E-state index is 10.7. The third-order valence-electron chi connectivity index (χ3n) is 5.39. The maximum atomic E-state index is 10.7. The van der Waals surface area contributed by atoms with E-state index in [2.05, 4.69) is 20.1 Å². The summed E-state index contributed by atoms with van der Waals surface area (Å²) in [5.74, 6) is 0.636. The first-order valence-electron chi connectivity index (χ1n) is 10.9. The van der Waals surface area contributed by atoms with Gasteiger partial charge in [0.15, 0.2) is 0 Å². The molecular formula is C26H24N4O3. The average Bonchev–Trinajstić information content (AvgIpc) is 3.23. The van der Waals surface area contributed by atoms with Crippen molar-refractivity contribution in [2.45, 2.75) is 32.2 Å². The highest BCUT2D eigenvalue weighted by molar-refractivity contribution is 6.05. The Labute approximate surface area is 191 Å². The number of aromatic nitrogens is 2. The summed E-state index contributed by atoms with van der Waals surface area (Å²) in [6.45, 7) is 8.11. The summed E-state index contributed by atoms with van der Waals surface area (Å²) in [5.41, 5.74) is 4.26. The molecule has 4 rings (SSSR count). The minimum Gasteiger partial charge on any atom is -0.481 e. The molecule has 0 radical (unpaired) electrons. The molecule has 0 atom stereocenters. The molecule has 0 spiro atoms. The highest BCUT2D eigenvalue weighted by Gasteiger charge is 2.22. The number of nitrogens with one attached hydrogen (secondary N) is 1. The van der Waals surface area contributed by atoms with Crippen molar-refractivity contribution < 1.29 is 14.3 Å². The van der Waals surface area contributed by atoms with Crippen LogP contribution in [0.5, 0.6) is 0 Å². The summed E-state index contributed by atoms with van der Waals surface area (Å²) in [6, 6.07) is 17.8. The zero-order valence-electron chi connectivity index (χ0n) is 18.1. The molecule has 0 fully saturated rings. The van der Waals surface area contributed by atoms with Crippen molar-refractivity contribution in [3.63, 3.8) is 0 Å². The molecule has 2 aromatic carbocycles. The lowest BCUT2D eigenvalue weighted by Crippen LogP contribution is -2.04. The van der Waals surface area contributed by atoms with Gasteiger partial charge in [0, 0.05) is 29.7 Å². The molecule has 2 N–H and O–H groups in total. The molecule has 0 aliphatic rings. The number of nitrogens with zero attached hydrogens (tertiary/aromatic N) is 3. The number of aliphatic carboxylic acids is 1. The molecule has 166 valence electrons. The topological polar surface area (TPSA) is 92.6 Å². The number of fused-ring (bicyclic) bond motifs is 1. The van der Waals surface area contributed by atoms with Crippen molar-refractivity contribution in [3.05, 3.63) is 77.9 Å². The van der Waals surface area contributed by atoms with E-state index in [1.54, 1.807) is 0 Å². The number of anilines is 1. The van der Waals surface area contributed by atoms with Gasteiger partial charge in [-0.05, 0) is 18.4 Å². The molecular weight excluding hydrogens is 416 g/mol. The summed E-state index contributed by atoms with van der Waals surface area (Å²) in [7, 11) is 0. The molecule has 33 heavy (non-hydrogen) atoms. The van der Waals surface area contributed by atoms with Crippen LogP contribution in [-0.4, -0.2) is 27.6 Å². The van der Waals surface area contributed by atoms with Gasteiger partial charge in [0.1, 0.15) is 17.9 Å². The highest BCUT2D eigenvalue weighted by Crippen LogP contribution is 2.42. The van der Waals surface area contributed by atoms with E-state index in [9.17, 15) is 4.79 Å². The molecule has 0 aliphatic heterocycles. The summed E-state index contributed by atoms with van der Waals surface area (Å²) in [5, 5.41) is 13.0. The Morgan fingerprint density at radius 3 is 2.52 bits per heavy atom. The normalized spacial score (nSPS) is 10.8. The minimum absolute atomic E-state index is 0.188. The number of hydrogen-bond acceptors (Lipinski definition) is 5. The first-order valence-corrected chi connectivity index (χ1v) is 10.9. The van der Waals surface area contributed by atoms with Crippen LogP contribution in [0, 0.1) is 6.57 Å². The van der Waals surface area contributed by atoms with Crippen molar-refractivity contribution in [1.82, 2.24) is 9.97 Å². The van der Waals surface area contributed by atoms with Crippen LogP contribution in [-0.2, 0) is 11.3 Å². The monoisotopic (exact) mass is 440 g/mol. The van der Waals surface area contributed by atoms with Gasteiger partial charge in [-0.3, -0.25) is 4.79 Å². The number of benzene rings is 2. The van der Waals surface area contributed by atoms with E-state index < -0.39 is 5.97 Å². The Kier molecular flexibility index (Phi) is 6.96. The summed E-state index contributed by atoms with van der Waals surface area (Å²) in [4.78, 5) is 23.0. The Balaban J connectivity index is 1.71. The van der Waals surface area contributed by atoms with Crippen LogP contribution in [0.1, 0.15) is 31.2 Å². The summed E-state index contributed by atoms with van der Waals surface area (Å²) >= 11 is 0. The fraction of sp³-hybridized carbons (Fsp3) is 0.231. The number of carboxylic acid groups (broad SMARTS) is 1. The van der Waals surface area contributed by atoms with Gasteiger partial charge in [0.05, 0.1) is 5.39 Å². The Morgan fingerprint density at radius 2 is 1.79 bits per heavy atom. The second kappa shape index (κ2) is 10.4. The minimum atomic E-state index is -0.764. The standard InChI is InChI=1S/C26H24N4O3/c1-27-16-18-11-13-19(14-12-18)22-23-25(28-15-7-3-6-10-21(31)32)29-17-30-26(23)33-24(22)20-8-4-2-5-9-20/h2,4-5,8-9,11-14,17H,3,6-7,10,15-16H2,(H,31,32)(H,28,29,30). The Morgan fingerprint density at radius 1 is 1.00 bits per heavy atom. The molecule has 7 nitrogen and oxygen atoms in total. The van der Waals surface area contributed by atoms with Gasteiger partial charge in [0.25, 0.3) is 0 Å². The lowest BCUT2D eigenvalue weighted by atomic mass is 9.98. The predicted molar refractivity (Wildman–Crippen MR) is 128 cm³/mol. The van der Waals surface area contributed by atoms with E-state index >= 15 is 0 Å². The van der Waals surface area contributed by atoms with E-state index in [1.165, 1.54) is 6.33 Å². The largest absolute Gasteiger partial charge is 0.481 e. The number of furan rings is 1. The third-order valence-corrected chi connectivity index (χ3v) is 5.39. The van der Waals surface area contributed by atoms with Crippen LogP contribution in [0.2, 0.25) is 0 Å². The van der Waals surface area contributed by atoms with E-state index in [-0.39, 0.29) is 6.42 Å². The molecule has 2 heterocycles. The quantitative estimate of drug-likeness (QED) is 0.231. The van der Waals surface area contributed by atoms with Gasteiger partial charge >= 0.3 is 5.97 Å². The van der Waals surface area contributed by atoms with Crippen molar-refractivity contribution in [1.29, 1.82) is 0 Å². The van der Waals surface area contributed by atoms with Crippen molar-refractivity contribution in [3.8, 4) is 22.5 Å².